The van der Waals surface area contributed by atoms with Gasteiger partial charge in [-0.25, -0.2) is 0 Å². The fraction of sp³-hybridized carbons (Fsp3) is 0.316. The molecule has 2 aromatic rings. The van der Waals surface area contributed by atoms with Crippen molar-refractivity contribution in [3.63, 3.8) is 0 Å². The molecule has 1 fully saturated rings. The Morgan fingerprint density at radius 1 is 1.17 bits per heavy atom. The molecule has 3 rings (SSSR count). The van der Waals surface area contributed by atoms with Gasteiger partial charge in [0.2, 0.25) is 5.91 Å². The summed E-state index contributed by atoms with van der Waals surface area (Å²) in [5.41, 5.74) is 3.02. The van der Waals surface area contributed by atoms with Gasteiger partial charge in [-0.05, 0) is 36.8 Å². The molecular weight excluding hydrogens is 288 g/mol. The maximum Gasteiger partial charge on any atom is 0.228 e. The van der Waals surface area contributed by atoms with Crippen LogP contribution in [-0.2, 0) is 16.0 Å². The fourth-order valence-corrected chi connectivity index (χ4v) is 2.83. The molecule has 1 saturated heterocycles. The van der Waals surface area contributed by atoms with Gasteiger partial charge in [-0.1, -0.05) is 30.3 Å². The Morgan fingerprint density at radius 3 is 2.61 bits per heavy atom. The van der Waals surface area contributed by atoms with E-state index in [-0.39, 0.29) is 5.91 Å². The highest BCUT2D eigenvalue weighted by atomic mass is 16.5. The van der Waals surface area contributed by atoms with Crippen molar-refractivity contribution in [1.82, 2.24) is 0 Å². The van der Waals surface area contributed by atoms with Crippen LogP contribution in [0.4, 0.5) is 11.4 Å². The Labute approximate surface area is 137 Å². The smallest absolute Gasteiger partial charge is 0.228 e. The van der Waals surface area contributed by atoms with Crippen LogP contribution in [0.1, 0.15) is 12.5 Å². The highest BCUT2D eigenvalue weighted by Crippen LogP contribution is 2.22. The van der Waals surface area contributed by atoms with Crippen molar-refractivity contribution in [2.45, 2.75) is 19.4 Å². The normalized spacial score (nSPS) is 17.8. The molecule has 0 aromatic heterocycles. The predicted molar refractivity (Wildman–Crippen MR) is 92.8 cm³/mol. The van der Waals surface area contributed by atoms with Gasteiger partial charge >= 0.3 is 0 Å². The molecule has 1 aliphatic heterocycles. The van der Waals surface area contributed by atoms with Crippen LogP contribution in [-0.4, -0.2) is 31.7 Å². The summed E-state index contributed by atoms with van der Waals surface area (Å²) in [5.74, 6) is 0.00342. The molecule has 0 aliphatic carbocycles. The summed E-state index contributed by atoms with van der Waals surface area (Å²) in [6.07, 6.45) is 0.392. The third-order valence-corrected chi connectivity index (χ3v) is 4.06. The molecule has 4 nitrogen and oxygen atoms in total. The average Bonchev–Trinajstić information content (AvgIpc) is 2.57. The lowest BCUT2D eigenvalue weighted by atomic mass is 10.1. The van der Waals surface area contributed by atoms with Crippen molar-refractivity contribution >= 4 is 17.3 Å². The van der Waals surface area contributed by atoms with E-state index in [1.54, 1.807) is 0 Å². The minimum Gasteiger partial charge on any atom is -0.377 e. The lowest BCUT2D eigenvalue weighted by Crippen LogP contribution is -2.43. The zero-order chi connectivity index (χ0) is 16.1. The number of anilines is 2. The summed E-state index contributed by atoms with van der Waals surface area (Å²) in [5, 5.41) is 2.95. The summed E-state index contributed by atoms with van der Waals surface area (Å²) >= 11 is 0. The van der Waals surface area contributed by atoms with Crippen molar-refractivity contribution in [2.75, 3.05) is 30.0 Å². The highest BCUT2D eigenvalue weighted by molar-refractivity contribution is 5.92. The van der Waals surface area contributed by atoms with Crippen molar-refractivity contribution in [3.05, 3.63) is 60.2 Å². The molecule has 4 heteroatoms. The van der Waals surface area contributed by atoms with Crippen molar-refractivity contribution in [3.8, 4) is 0 Å². The van der Waals surface area contributed by atoms with Crippen LogP contribution in [0.3, 0.4) is 0 Å². The molecule has 1 unspecified atom stereocenters. The van der Waals surface area contributed by atoms with Crippen LogP contribution in [0, 0.1) is 0 Å². The second-order valence-electron chi connectivity index (χ2n) is 5.87. The molecule has 120 valence electrons. The minimum atomic E-state index is 0.00342. The van der Waals surface area contributed by atoms with Gasteiger partial charge in [0.15, 0.2) is 0 Å². The maximum atomic E-state index is 12.1. The number of nitrogens with zero attached hydrogens (tertiary/aromatic N) is 1. The minimum absolute atomic E-state index is 0.00342. The lowest BCUT2D eigenvalue weighted by molar-refractivity contribution is -0.115. The van der Waals surface area contributed by atoms with E-state index in [0.717, 1.165) is 31.0 Å². The molecule has 1 N–H and O–H groups in total. The number of rotatable bonds is 4. The number of carbonyl (C=O) groups is 1. The van der Waals surface area contributed by atoms with Crippen molar-refractivity contribution < 1.29 is 9.53 Å². The third kappa shape index (κ3) is 4.11. The molecule has 1 amide bonds. The molecule has 0 spiro atoms. The number of hydrogen-bond donors (Lipinski definition) is 1. The lowest BCUT2D eigenvalue weighted by Gasteiger charge is -2.35. The average molecular weight is 310 g/mol. The van der Waals surface area contributed by atoms with Gasteiger partial charge in [-0.2, -0.15) is 0 Å². The second-order valence-corrected chi connectivity index (χ2v) is 5.87. The molecule has 0 bridgehead atoms. The van der Waals surface area contributed by atoms with Crippen LogP contribution < -0.4 is 10.2 Å². The van der Waals surface area contributed by atoms with Gasteiger partial charge in [0.05, 0.1) is 19.6 Å². The molecule has 2 aromatic carbocycles. The Bertz CT molecular complexity index is 640. The molecule has 23 heavy (non-hydrogen) atoms. The Hall–Kier alpha value is -2.33. The zero-order valence-electron chi connectivity index (χ0n) is 13.4. The van der Waals surface area contributed by atoms with E-state index < -0.39 is 0 Å². The first kappa shape index (κ1) is 15.6. The molecule has 0 radical (unpaired) electrons. The van der Waals surface area contributed by atoms with E-state index >= 15 is 0 Å². The number of carbonyl (C=O) groups excluding carboxylic acids is 1. The Kier molecular flexibility index (Phi) is 4.93. The van der Waals surface area contributed by atoms with Crippen LogP contribution in [0.5, 0.6) is 0 Å². The van der Waals surface area contributed by atoms with Gasteiger partial charge in [0.1, 0.15) is 0 Å². The summed E-state index contributed by atoms with van der Waals surface area (Å²) in [7, 11) is 0. The quantitative estimate of drug-likeness (QED) is 0.943. The van der Waals surface area contributed by atoms with Crippen molar-refractivity contribution in [1.29, 1.82) is 0 Å². The van der Waals surface area contributed by atoms with Gasteiger partial charge < -0.3 is 15.0 Å². The van der Waals surface area contributed by atoms with Gasteiger partial charge in [-0.3, -0.25) is 4.79 Å². The van der Waals surface area contributed by atoms with E-state index in [9.17, 15) is 4.79 Å². The number of benzene rings is 2. The first-order chi connectivity index (χ1) is 11.2. The Morgan fingerprint density at radius 2 is 1.91 bits per heavy atom. The number of ether oxygens (including phenoxy) is 1. The number of nitrogens with one attached hydrogen (secondary N) is 1. The second kappa shape index (κ2) is 7.29. The van der Waals surface area contributed by atoms with E-state index in [1.165, 1.54) is 5.69 Å². The van der Waals surface area contributed by atoms with Crippen molar-refractivity contribution in [2.24, 2.45) is 0 Å². The fourth-order valence-electron chi connectivity index (χ4n) is 2.83. The number of morpholine rings is 1. The number of hydrogen-bond acceptors (Lipinski definition) is 3. The summed E-state index contributed by atoms with van der Waals surface area (Å²) in [6, 6.07) is 18.2. The van der Waals surface area contributed by atoms with Crippen LogP contribution in [0.15, 0.2) is 54.6 Å². The SMILES string of the molecule is CC1COCCN1c1ccc(NC(=O)Cc2ccccc2)cc1. The van der Waals surface area contributed by atoms with Gasteiger partial charge in [-0.15, -0.1) is 0 Å². The van der Waals surface area contributed by atoms with Crippen LogP contribution >= 0.6 is 0 Å². The predicted octanol–water partition coefficient (Wildman–Crippen LogP) is 3.09. The number of amides is 1. The Balaban J connectivity index is 1.60. The largest absolute Gasteiger partial charge is 0.377 e. The van der Waals surface area contributed by atoms with E-state index in [1.807, 2.05) is 42.5 Å². The van der Waals surface area contributed by atoms with Crippen LogP contribution in [0.2, 0.25) is 0 Å². The highest BCUT2D eigenvalue weighted by Gasteiger charge is 2.18. The molecule has 0 saturated carbocycles. The maximum absolute atomic E-state index is 12.1. The third-order valence-electron chi connectivity index (χ3n) is 4.06. The zero-order valence-corrected chi connectivity index (χ0v) is 13.4. The summed E-state index contributed by atoms with van der Waals surface area (Å²) in [6.45, 7) is 4.59. The monoisotopic (exact) mass is 310 g/mol. The first-order valence-electron chi connectivity index (χ1n) is 8.00. The van der Waals surface area contributed by atoms with Gasteiger partial charge in [0.25, 0.3) is 0 Å². The molecule has 1 heterocycles. The van der Waals surface area contributed by atoms with E-state index in [2.05, 4.69) is 29.3 Å². The summed E-state index contributed by atoms with van der Waals surface area (Å²) < 4.78 is 5.47. The molecular formula is C19H22N2O2. The van der Waals surface area contributed by atoms with E-state index in [4.69, 9.17) is 4.74 Å². The molecule has 1 aliphatic rings. The first-order valence-corrected chi connectivity index (χ1v) is 8.00. The standard InChI is InChI=1S/C19H22N2O2/c1-15-14-23-12-11-21(15)18-9-7-17(8-10-18)20-19(22)13-16-5-3-2-4-6-16/h2-10,15H,11-14H2,1H3,(H,20,22). The van der Waals surface area contributed by atoms with E-state index in [0.29, 0.717) is 12.5 Å². The molecule has 1 atom stereocenters. The van der Waals surface area contributed by atoms with Gasteiger partial charge in [0, 0.05) is 24.0 Å². The summed E-state index contributed by atoms with van der Waals surface area (Å²) in [4.78, 5) is 14.4. The van der Waals surface area contributed by atoms with Crippen LogP contribution in [0.25, 0.3) is 0 Å². The topological polar surface area (TPSA) is 41.6 Å².